The minimum Gasteiger partial charge on any atom is -0.496 e. The van der Waals surface area contributed by atoms with Gasteiger partial charge in [0.1, 0.15) is 11.6 Å². The Labute approximate surface area is 113 Å². The van der Waals surface area contributed by atoms with Crippen molar-refractivity contribution >= 4 is 5.78 Å². The summed E-state index contributed by atoms with van der Waals surface area (Å²) in [7, 11) is 1.58. The zero-order valence-corrected chi connectivity index (χ0v) is 11.5. The Morgan fingerprint density at radius 3 is 2.89 bits per heavy atom. The lowest BCUT2D eigenvalue weighted by Gasteiger charge is -2.09. The third-order valence-corrected chi connectivity index (χ3v) is 3.12. The molecule has 2 aromatic rings. The van der Waals surface area contributed by atoms with E-state index in [0.717, 1.165) is 17.9 Å². The molecule has 4 nitrogen and oxygen atoms in total. The molecule has 0 atom stereocenters. The van der Waals surface area contributed by atoms with Crippen LogP contribution in [0, 0.1) is 6.92 Å². The molecule has 100 valence electrons. The molecule has 0 amide bonds. The molecule has 0 N–H and O–H groups in total. The van der Waals surface area contributed by atoms with Gasteiger partial charge in [-0.2, -0.15) is 0 Å². The first-order chi connectivity index (χ1) is 9.15. The number of imidazole rings is 1. The maximum absolute atomic E-state index is 12.3. The van der Waals surface area contributed by atoms with Crippen molar-refractivity contribution in [3.63, 3.8) is 0 Å². The summed E-state index contributed by atoms with van der Waals surface area (Å²) in [5, 5.41) is 0. The number of Topliss-reactive ketones (excluding diaryl/α,β-unsaturated/α-hetero) is 1. The molecule has 0 aliphatic rings. The molecule has 1 aromatic heterocycles. The lowest BCUT2D eigenvalue weighted by molar-refractivity contribution is 0.0987. The van der Waals surface area contributed by atoms with Crippen LogP contribution in [0.4, 0.5) is 0 Å². The number of carbonyl (C=O) groups is 1. The van der Waals surface area contributed by atoms with Crippen molar-refractivity contribution in [2.45, 2.75) is 26.8 Å². The molecule has 0 spiro atoms. The highest BCUT2D eigenvalue weighted by molar-refractivity contribution is 5.99. The summed E-state index contributed by atoms with van der Waals surface area (Å²) in [5.41, 5.74) is 1.68. The molecule has 0 fully saturated rings. The summed E-state index contributed by atoms with van der Waals surface area (Å²) in [6, 6.07) is 5.61. The predicted molar refractivity (Wildman–Crippen MR) is 73.7 cm³/mol. The van der Waals surface area contributed by atoms with Gasteiger partial charge in [0, 0.05) is 18.9 Å². The van der Waals surface area contributed by atoms with E-state index in [1.165, 1.54) is 0 Å². The van der Waals surface area contributed by atoms with Crippen LogP contribution < -0.4 is 4.74 Å². The van der Waals surface area contributed by atoms with Crippen molar-refractivity contribution in [2.24, 2.45) is 0 Å². The van der Waals surface area contributed by atoms with E-state index in [4.69, 9.17) is 4.74 Å². The van der Waals surface area contributed by atoms with Crippen molar-refractivity contribution in [3.8, 4) is 5.75 Å². The maximum atomic E-state index is 12.3. The van der Waals surface area contributed by atoms with Gasteiger partial charge in [0.25, 0.3) is 0 Å². The zero-order valence-electron chi connectivity index (χ0n) is 11.5. The third kappa shape index (κ3) is 2.84. The number of ether oxygens (including phenoxy) is 1. The number of ketones is 1. The summed E-state index contributed by atoms with van der Waals surface area (Å²) in [6.45, 7) is 4.82. The van der Waals surface area contributed by atoms with Gasteiger partial charge in [0.05, 0.1) is 19.1 Å². The average Bonchev–Trinajstić information content (AvgIpc) is 2.85. The number of aryl methyl sites for hydroxylation is 2. The number of methoxy groups -OCH3 is 1. The maximum Gasteiger partial charge on any atom is 0.174 e. The van der Waals surface area contributed by atoms with Crippen LogP contribution in [0.3, 0.4) is 0 Å². The molecule has 1 aromatic carbocycles. The van der Waals surface area contributed by atoms with Gasteiger partial charge >= 0.3 is 0 Å². The van der Waals surface area contributed by atoms with Crippen molar-refractivity contribution in [2.75, 3.05) is 7.11 Å². The number of aromatic nitrogens is 2. The largest absolute Gasteiger partial charge is 0.496 e. The van der Waals surface area contributed by atoms with Gasteiger partial charge in [-0.05, 0) is 31.5 Å². The summed E-state index contributed by atoms with van der Waals surface area (Å²) in [6.07, 6.45) is 3.90. The molecule has 0 saturated heterocycles. The Hall–Kier alpha value is -2.10. The van der Waals surface area contributed by atoms with Crippen LogP contribution in [0.15, 0.2) is 30.6 Å². The molecule has 0 aliphatic carbocycles. The normalized spacial score (nSPS) is 10.5. The van der Waals surface area contributed by atoms with Gasteiger partial charge in [-0.1, -0.05) is 6.07 Å². The quantitative estimate of drug-likeness (QED) is 0.774. The first-order valence-electron chi connectivity index (χ1n) is 6.33. The lowest BCUT2D eigenvalue weighted by atomic mass is 10.0. The van der Waals surface area contributed by atoms with Crippen molar-refractivity contribution in [3.05, 3.63) is 47.5 Å². The third-order valence-electron chi connectivity index (χ3n) is 3.12. The fourth-order valence-corrected chi connectivity index (χ4v) is 2.06. The Balaban J connectivity index is 2.25. The summed E-state index contributed by atoms with van der Waals surface area (Å²) < 4.78 is 7.25. The standard InChI is InChI=1S/C15H18N2O2/c1-4-17-8-7-16-15(17)10-13(18)12-6-5-11(2)9-14(12)19-3/h5-9H,4,10H2,1-3H3. The van der Waals surface area contributed by atoms with E-state index in [1.54, 1.807) is 13.3 Å². The molecular weight excluding hydrogens is 240 g/mol. The summed E-state index contributed by atoms with van der Waals surface area (Å²) in [4.78, 5) is 16.6. The van der Waals surface area contributed by atoms with Gasteiger partial charge in [-0.15, -0.1) is 0 Å². The van der Waals surface area contributed by atoms with E-state index in [9.17, 15) is 4.79 Å². The molecule has 0 saturated carbocycles. The van der Waals surface area contributed by atoms with Gasteiger partial charge in [-0.25, -0.2) is 4.98 Å². The van der Waals surface area contributed by atoms with Crippen LogP contribution in [0.2, 0.25) is 0 Å². The van der Waals surface area contributed by atoms with Crippen molar-refractivity contribution < 1.29 is 9.53 Å². The number of hydrogen-bond acceptors (Lipinski definition) is 3. The first-order valence-corrected chi connectivity index (χ1v) is 6.33. The summed E-state index contributed by atoms with van der Waals surface area (Å²) >= 11 is 0. The van der Waals surface area contributed by atoms with E-state index in [0.29, 0.717) is 17.7 Å². The second-order valence-corrected chi connectivity index (χ2v) is 4.43. The zero-order chi connectivity index (χ0) is 13.8. The van der Waals surface area contributed by atoms with E-state index in [2.05, 4.69) is 4.98 Å². The van der Waals surface area contributed by atoms with Gasteiger partial charge in [-0.3, -0.25) is 4.79 Å². The Bertz CT molecular complexity index is 588. The van der Waals surface area contributed by atoms with E-state index >= 15 is 0 Å². The number of carbonyl (C=O) groups excluding carboxylic acids is 1. The minimum absolute atomic E-state index is 0.0257. The van der Waals surface area contributed by atoms with Crippen LogP contribution in [-0.2, 0) is 13.0 Å². The van der Waals surface area contributed by atoms with E-state index in [-0.39, 0.29) is 5.78 Å². The highest BCUT2D eigenvalue weighted by Crippen LogP contribution is 2.21. The number of hydrogen-bond donors (Lipinski definition) is 0. The molecule has 2 rings (SSSR count). The van der Waals surface area contributed by atoms with E-state index in [1.807, 2.05) is 42.8 Å². The monoisotopic (exact) mass is 258 g/mol. The highest BCUT2D eigenvalue weighted by Gasteiger charge is 2.15. The van der Waals surface area contributed by atoms with Crippen LogP contribution >= 0.6 is 0 Å². The van der Waals surface area contributed by atoms with Crippen molar-refractivity contribution in [1.82, 2.24) is 9.55 Å². The average molecular weight is 258 g/mol. The smallest absolute Gasteiger partial charge is 0.174 e. The van der Waals surface area contributed by atoms with Gasteiger partial charge in [0.15, 0.2) is 5.78 Å². The topological polar surface area (TPSA) is 44.1 Å². The van der Waals surface area contributed by atoms with Gasteiger partial charge in [0.2, 0.25) is 0 Å². The molecule has 0 aliphatic heterocycles. The molecule has 0 radical (unpaired) electrons. The second-order valence-electron chi connectivity index (χ2n) is 4.43. The first kappa shape index (κ1) is 13.3. The molecule has 0 bridgehead atoms. The predicted octanol–water partition coefficient (Wildman–Crippen LogP) is 2.65. The second kappa shape index (κ2) is 5.69. The molecular formula is C15H18N2O2. The van der Waals surface area contributed by atoms with Crippen molar-refractivity contribution in [1.29, 1.82) is 0 Å². The highest BCUT2D eigenvalue weighted by atomic mass is 16.5. The van der Waals surface area contributed by atoms with Crippen LogP contribution in [0.25, 0.3) is 0 Å². The molecule has 19 heavy (non-hydrogen) atoms. The SMILES string of the molecule is CCn1ccnc1CC(=O)c1ccc(C)cc1OC. The van der Waals surface area contributed by atoms with E-state index < -0.39 is 0 Å². The van der Waals surface area contributed by atoms with Crippen LogP contribution in [0.5, 0.6) is 5.75 Å². The number of rotatable bonds is 5. The summed E-state index contributed by atoms with van der Waals surface area (Å²) in [5.74, 6) is 1.44. The van der Waals surface area contributed by atoms with Gasteiger partial charge < -0.3 is 9.30 Å². The fraction of sp³-hybridized carbons (Fsp3) is 0.333. The molecule has 0 unspecified atom stereocenters. The van der Waals surface area contributed by atoms with Crippen LogP contribution in [-0.4, -0.2) is 22.4 Å². The number of nitrogens with zero attached hydrogens (tertiary/aromatic N) is 2. The molecule has 1 heterocycles. The Morgan fingerprint density at radius 2 is 2.21 bits per heavy atom. The Morgan fingerprint density at radius 1 is 1.42 bits per heavy atom. The minimum atomic E-state index is 0.0257. The molecule has 4 heteroatoms. The Kier molecular flexibility index (Phi) is 4.00. The lowest BCUT2D eigenvalue weighted by Crippen LogP contribution is -2.10. The number of benzene rings is 1. The fourth-order valence-electron chi connectivity index (χ4n) is 2.06. The van der Waals surface area contributed by atoms with Crippen LogP contribution in [0.1, 0.15) is 28.7 Å².